The number of hydrogen-bond acceptors (Lipinski definition) is 3. The molecule has 0 aliphatic rings. The van der Waals surface area contributed by atoms with Crippen LogP contribution in [0.2, 0.25) is 0 Å². The van der Waals surface area contributed by atoms with Crippen molar-refractivity contribution in [2.45, 2.75) is 6.54 Å². The number of nitrogens with zero attached hydrogens (tertiary/aromatic N) is 2. The summed E-state index contributed by atoms with van der Waals surface area (Å²) in [4.78, 5) is 6.38. The van der Waals surface area contributed by atoms with Gasteiger partial charge in [0.05, 0.1) is 12.2 Å². The normalized spacial score (nSPS) is 10.2. The number of nitrogen functional groups attached to an aromatic ring is 1. The lowest BCUT2D eigenvalue weighted by Crippen LogP contribution is -2.22. The minimum absolute atomic E-state index is 0.0752. The van der Waals surface area contributed by atoms with Crippen LogP contribution in [-0.4, -0.2) is 17.9 Å². The predicted octanol–water partition coefficient (Wildman–Crippen LogP) is 2.76. The molecule has 0 unspecified atom stereocenters. The predicted molar refractivity (Wildman–Crippen MR) is 81.5 cm³/mol. The summed E-state index contributed by atoms with van der Waals surface area (Å²) in [6, 6.07) is 11.6. The van der Waals surface area contributed by atoms with Crippen LogP contribution in [0.3, 0.4) is 0 Å². The molecule has 3 N–H and O–H groups in total. The van der Waals surface area contributed by atoms with E-state index in [2.05, 4.69) is 20.9 Å². The van der Waals surface area contributed by atoms with E-state index in [9.17, 15) is 0 Å². The van der Waals surface area contributed by atoms with E-state index in [0.717, 1.165) is 21.4 Å². The molecule has 5 heteroatoms. The van der Waals surface area contributed by atoms with Crippen molar-refractivity contribution in [2.24, 2.45) is 5.73 Å². The van der Waals surface area contributed by atoms with Crippen molar-refractivity contribution in [2.75, 3.05) is 11.9 Å². The second kappa shape index (κ2) is 5.84. The minimum atomic E-state index is 0.0752. The number of para-hydroxylation sites is 1. The average Bonchev–Trinajstić information content (AvgIpc) is 2.41. The van der Waals surface area contributed by atoms with Gasteiger partial charge in [0, 0.05) is 29.0 Å². The fourth-order valence-corrected chi connectivity index (χ4v) is 2.10. The van der Waals surface area contributed by atoms with E-state index in [-0.39, 0.29) is 5.84 Å². The first-order chi connectivity index (χ1) is 9.08. The summed E-state index contributed by atoms with van der Waals surface area (Å²) < 4.78 is 0.961. The monoisotopic (exact) mass is 318 g/mol. The molecule has 0 spiro atoms. The zero-order valence-corrected chi connectivity index (χ0v) is 12.2. The van der Waals surface area contributed by atoms with E-state index in [1.807, 2.05) is 48.3 Å². The summed E-state index contributed by atoms with van der Waals surface area (Å²) in [7, 11) is 1.96. The van der Waals surface area contributed by atoms with Gasteiger partial charge >= 0.3 is 0 Å². The molecule has 0 bridgehead atoms. The van der Waals surface area contributed by atoms with E-state index < -0.39 is 0 Å². The number of benzene rings is 1. The highest BCUT2D eigenvalue weighted by molar-refractivity contribution is 9.10. The maximum absolute atomic E-state index is 7.61. The third-order valence-electron chi connectivity index (χ3n) is 2.79. The van der Waals surface area contributed by atoms with Crippen LogP contribution >= 0.6 is 15.9 Å². The molecule has 1 aromatic carbocycles. The minimum Gasteiger partial charge on any atom is -0.384 e. The standard InChI is InChI=1S/C14H15BrN4/c1-19(9-11-7-6-10(15)8-18-11)13-5-3-2-4-12(13)14(16)17/h2-8H,9H2,1H3,(H3,16,17). The van der Waals surface area contributed by atoms with Crippen LogP contribution in [0.15, 0.2) is 47.1 Å². The van der Waals surface area contributed by atoms with Crippen LogP contribution < -0.4 is 10.6 Å². The van der Waals surface area contributed by atoms with Crippen LogP contribution in [0.4, 0.5) is 5.69 Å². The number of rotatable bonds is 4. The van der Waals surface area contributed by atoms with Gasteiger partial charge < -0.3 is 10.6 Å². The Morgan fingerprint density at radius 2 is 2.05 bits per heavy atom. The average molecular weight is 319 g/mol. The number of anilines is 1. The fraction of sp³-hybridized carbons (Fsp3) is 0.143. The quantitative estimate of drug-likeness (QED) is 0.673. The van der Waals surface area contributed by atoms with Gasteiger partial charge in [0.15, 0.2) is 0 Å². The Labute approximate surface area is 120 Å². The number of amidine groups is 1. The van der Waals surface area contributed by atoms with Crippen LogP contribution in [-0.2, 0) is 6.54 Å². The molecule has 0 radical (unpaired) electrons. The molecule has 1 aromatic heterocycles. The molecular weight excluding hydrogens is 304 g/mol. The Bertz CT molecular complexity index is 580. The molecule has 1 heterocycles. The first kappa shape index (κ1) is 13.5. The maximum Gasteiger partial charge on any atom is 0.124 e. The summed E-state index contributed by atoms with van der Waals surface area (Å²) in [5.41, 5.74) is 8.23. The van der Waals surface area contributed by atoms with Gasteiger partial charge in [0.2, 0.25) is 0 Å². The van der Waals surface area contributed by atoms with E-state index in [1.165, 1.54) is 0 Å². The number of halogens is 1. The lowest BCUT2D eigenvalue weighted by Gasteiger charge is -2.21. The zero-order chi connectivity index (χ0) is 13.8. The molecule has 0 atom stereocenters. The molecule has 2 rings (SSSR count). The fourth-order valence-electron chi connectivity index (χ4n) is 1.86. The Hall–Kier alpha value is -1.88. The summed E-state index contributed by atoms with van der Waals surface area (Å²) in [5, 5.41) is 7.61. The number of hydrogen-bond donors (Lipinski definition) is 2. The molecule has 4 nitrogen and oxygen atoms in total. The Kier molecular flexibility index (Phi) is 4.16. The highest BCUT2D eigenvalue weighted by Gasteiger charge is 2.09. The van der Waals surface area contributed by atoms with Gasteiger partial charge in [0.25, 0.3) is 0 Å². The molecule has 0 amide bonds. The molecule has 0 saturated heterocycles. The number of aromatic nitrogens is 1. The first-order valence-corrected chi connectivity index (χ1v) is 6.62. The lowest BCUT2D eigenvalue weighted by molar-refractivity contribution is 0.882. The second-order valence-electron chi connectivity index (χ2n) is 4.25. The molecule has 98 valence electrons. The topological polar surface area (TPSA) is 66.0 Å². The van der Waals surface area contributed by atoms with E-state index in [4.69, 9.17) is 11.1 Å². The lowest BCUT2D eigenvalue weighted by atomic mass is 10.1. The van der Waals surface area contributed by atoms with E-state index in [1.54, 1.807) is 6.20 Å². The third-order valence-corrected chi connectivity index (χ3v) is 3.26. The third kappa shape index (κ3) is 3.32. The number of pyridine rings is 1. The molecule has 19 heavy (non-hydrogen) atoms. The largest absolute Gasteiger partial charge is 0.384 e. The Morgan fingerprint density at radius 3 is 2.68 bits per heavy atom. The van der Waals surface area contributed by atoms with Crippen molar-refractivity contribution in [3.63, 3.8) is 0 Å². The van der Waals surface area contributed by atoms with Gasteiger partial charge in [-0.2, -0.15) is 0 Å². The Morgan fingerprint density at radius 1 is 1.32 bits per heavy atom. The van der Waals surface area contributed by atoms with Crippen LogP contribution in [0.1, 0.15) is 11.3 Å². The summed E-state index contributed by atoms with van der Waals surface area (Å²) >= 11 is 3.37. The van der Waals surface area contributed by atoms with Crippen molar-refractivity contribution >= 4 is 27.5 Å². The Balaban J connectivity index is 2.22. The van der Waals surface area contributed by atoms with E-state index >= 15 is 0 Å². The summed E-state index contributed by atoms with van der Waals surface area (Å²) in [6.45, 7) is 0.664. The zero-order valence-electron chi connectivity index (χ0n) is 10.6. The molecule has 0 aliphatic carbocycles. The van der Waals surface area contributed by atoms with Gasteiger partial charge in [-0.3, -0.25) is 10.4 Å². The van der Waals surface area contributed by atoms with Gasteiger partial charge in [-0.1, -0.05) is 12.1 Å². The highest BCUT2D eigenvalue weighted by Crippen LogP contribution is 2.20. The van der Waals surface area contributed by atoms with Crippen molar-refractivity contribution in [1.29, 1.82) is 5.41 Å². The smallest absolute Gasteiger partial charge is 0.124 e. The molecule has 0 fully saturated rings. The van der Waals surface area contributed by atoms with Crippen molar-refractivity contribution in [1.82, 2.24) is 4.98 Å². The summed E-state index contributed by atoms with van der Waals surface area (Å²) in [5.74, 6) is 0.0752. The molecule has 0 aliphatic heterocycles. The van der Waals surface area contributed by atoms with Crippen LogP contribution in [0.5, 0.6) is 0 Å². The summed E-state index contributed by atoms with van der Waals surface area (Å²) in [6.07, 6.45) is 1.78. The first-order valence-electron chi connectivity index (χ1n) is 5.83. The van der Waals surface area contributed by atoms with Crippen LogP contribution in [0, 0.1) is 5.41 Å². The van der Waals surface area contributed by atoms with Gasteiger partial charge in [0.1, 0.15) is 5.84 Å². The van der Waals surface area contributed by atoms with Crippen molar-refractivity contribution in [3.05, 3.63) is 58.3 Å². The maximum atomic E-state index is 7.61. The highest BCUT2D eigenvalue weighted by atomic mass is 79.9. The molecule has 0 saturated carbocycles. The van der Waals surface area contributed by atoms with Crippen molar-refractivity contribution < 1.29 is 0 Å². The van der Waals surface area contributed by atoms with Gasteiger partial charge in [-0.25, -0.2) is 0 Å². The van der Waals surface area contributed by atoms with Crippen LogP contribution in [0.25, 0.3) is 0 Å². The molecule has 2 aromatic rings. The van der Waals surface area contributed by atoms with Gasteiger partial charge in [-0.05, 0) is 40.2 Å². The SMILES string of the molecule is CN(Cc1ccc(Br)cn1)c1ccccc1C(=N)N. The van der Waals surface area contributed by atoms with E-state index in [0.29, 0.717) is 6.54 Å². The van der Waals surface area contributed by atoms with Gasteiger partial charge in [-0.15, -0.1) is 0 Å². The second-order valence-corrected chi connectivity index (χ2v) is 5.17. The van der Waals surface area contributed by atoms with Crippen molar-refractivity contribution in [3.8, 4) is 0 Å². The number of nitrogens with one attached hydrogen (secondary N) is 1. The molecular formula is C14H15BrN4. The number of nitrogens with two attached hydrogens (primary N) is 1.